The summed E-state index contributed by atoms with van der Waals surface area (Å²) in [6, 6.07) is 11.4. The van der Waals surface area contributed by atoms with Crippen molar-refractivity contribution in [3.63, 3.8) is 0 Å². The first-order valence-corrected chi connectivity index (χ1v) is 11.9. The number of aliphatic hydroxyl groups is 1. The molecule has 1 fully saturated rings. The maximum absolute atomic E-state index is 10.1. The predicted molar refractivity (Wildman–Crippen MR) is 135 cm³/mol. The summed E-state index contributed by atoms with van der Waals surface area (Å²) in [7, 11) is 1.54. The Bertz CT molecular complexity index is 1420. The van der Waals surface area contributed by atoms with Crippen LogP contribution in [0.3, 0.4) is 0 Å². The van der Waals surface area contributed by atoms with Crippen LogP contribution < -0.4 is 19.1 Å². The minimum absolute atomic E-state index is 0.0293. The molecule has 190 valence electrons. The Hall–Kier alpha value is -4.43. The highest BCUT2D eigenvalue weighted by Crippen LogP contribution is 2.32. The molecule has 0 aromatic carbocycles. The molecule has 1 saturated heterocycles. The van der Waals surface area contributed by atoms with Gasteiger partial charge in [-0.2, -0.15) is 10.4 Å². The van der Waals surface area contributed by atoms with Gasteiger partial charge in [0.1, 0.15) is 30.3 Å². The summed E-state index contributed by atoms with van der Waals surface area (Å²) in [6.07, 6.45) is 5.81. The van der Waals surface area contributed by atoms with Gasteiger partial charge in [-0.3, -0.25) is 0 Å². The number of hydrogen-bond acceptors (Lipinski definition) is 10. The third-order valence-electron chi connectivity index (χ3n) is 5.94. The maximum Gasteiger partial charge on any atom is 0.233 e. The number of hydrogen-bond donors (Lipinski definition) is 1. The molecule has 1 aliphatic heterocycles. The van der Waals surface area contributed by atoms with Crippen LogP contribution in [-0.4, -0.2) is 68.4 Å². The Kier molecular flexibility index (Phi) is 6.50. The number of nitrogens with zero attached hydrogens (tertiary/aromatic N) is 7. The zero-order chi connectivity index (χ0) is 26.0. The Morgan fingerprint density at radius 2 is 1.97 bits per heavy atom. The average Bonchev–Trinajstić information content (AvgIpc) is 3.54. The second kappa shape index (κ2) is 9.91. The van der Waals surface area contributed by atoms with Crippen molar-refractivity contribution in [3.05, 3.63) is 54.5 Å². The summed E-state index contributed by atoms with van der Waals surface area (Å²) in [6.45, 7) is 4.93. The zero-order valence-electron chi connectivity index (χ0n) is 20.8. The number of ether oxygens (including phenoxy) is 3. The van der Waals surface area contributed by atoms with Crippen molar-refractivity contribution in [1.82, 2.24) is 24.8 Å². The van der Waals surface area contributed by atoms with Gasteiger partial charge in [-0.15, -0.1) is 10.2 Å². The van der Waals surface area contributed by atoms with E-state index in [1.165, 1.54) is 6.20 Å². The molecule has 0 saturated carbocycles. The average molecular weight is 502 g/mol. The molecule has 0 spiro atoms. The fraction of sp³-hybridized carbons (Fsp3) is 0.346. The number of pyridine rings is 2. The van der Waals surface area contributed by atoms with E-state index in [4.69, 9.17) is 19.2 Å². The Balaban J connectivity index is 1.35. The minimum atomic E-state index is -0.989. The van der Waals surface area contributed by atoms with Gasteiger partial charge < -0.3 is 24.2 Å². The Morgan fingerprint density at radius 3 is 2.65 bits per heavy atom. The molecule has 1 aliphatic rings. The van der Waals surface area contributed by atoms with Crippen LogP contribution in [0.25, 0.3) is 16.6 Å². The lowest BCUT2D eigenvalue weighted by molar-refractivity contribution is 0.0283. The molecule has 4 aromatic rings. The van der Waals surface area contributed by atoms with Crippen LogP contribution in [0.5, 0.6) is 17.5 Å². The van der Waals surface area contributed by atoms with E-state index in [0.29, 0.717) is 35.1 Å². The number of anilines is 1. The van der Waals surface area contributed by atoms with Gasteiger partial charge in [0.2, 0.25) is 11.8 Å². The fourth-order valence-corrected chi connectivity index (χ4v) is 4.15. The fourth-order valence-electron chi connectivity index (χ4n) is 4.15. The number of fused-ring (bicyclic) bond motifs is 1. The van der Waals surface area contributed by atoms with E-state index in [1.807, 2.05) is 18.2 Å². The normalized spacial score (nSPS) is 15.5. The van der Waals surface area contributed by atoms with Gasteiger partial charge in [-0.25, -0.2) is 9.50 Å². The molecule has 1 unspecified atom stereocenters. The lowest BCUT2D eigenvalue weighted by atomic mass is 10.1. The van der Waals surface area contributed by atoms with Gasteiger partial charge >= 0.3 is 0 Å². The van der Waals surface area contributed by atoms with Crippen LogP contribution >= 0.6 is 0 Å². The third kappa shape index (κ3) is 5.39. The van der Waals surface area contributed by atoms with Crippen molar-refractivity contribution in [1.29, 1.82) is 5.26 Å². The van der Waals surface area contributed by atoms with Gasteiger partial charge in [0.05, 0.1) is 42.7 Å². The van der Waals surface area contributed by atoms with Gasteiger partial charge in [-0.05, 0) is 32.0 Å². The van der Waals surface area contributed by atoms with Gasteiger partial charge in [0.15, 0.2) is 0 Å². The van der Waals surface area contributed by atoms with E-state index in [-0.39, 0.29) is 12.7 Å². The Labute approximate surface area is 213 Å². The summed E-state index contributed by atoms with van der Waals surface area (Å²) in [4.78, 5) is 6.85. The van der Waals surface area contributed by atoms with E-state index >= 15 is 0 Å². The molecular weight excluding hydrogens is 474 g/mol. The van der Waals surface area contributed by atoms with E-state index < -0.39 is 5.60 Å². The van der Waals surface area contributed by atoms with Crippen LogP contribution in [0.1, 0.15) is 25.8 Å². The summed E-state index contributed by atoms with van der Waals surface area (Å²) in [5.74, 6) is 2.26. The van der Waals surface area contributed by atoms with Crippen molar-refractivity contribution in [2.24, 2.45) is 0 Å². The van der Waals surface area contributed by atoms with Crippen molar-refractivity contribution in [2.45, 2.75) is 32.0 Å². The monoisotopic (exact) mass is 501 g/mol. The van der Waals surface area contributed by atoms with E-state index in [9.17, 15) is 10.4 Å². The molecule has 11 heteroatoms. The van der Waals surface area contributed by atoms with Crippen molar-refractivity contribution in [3.8, 4) is 34.7 Å². The Morgan fingerprint density at radius 1 is 1.16 bits per heavy atom. The predicted octanol–water partition coefficient (Wildman–Crippen LogP) is 2.87. The largest absolute Gasteiger partial charge is 0.489 e. The smallest absolute Gasteiger partial charge is 0.233 e. The van der Waals surface area contributed by atoms with Crippen molar-refractivity contribution in [2.75, 3.05) is 31.7 Å². The van der Waals surface area contributed by atoms with Crippen LogP contribution in [0.4, 0.5) is 5.82 Å². The standard InChI is InChI=1S/C26H27N7O4/c1-26(2,34)16-36-20-10-21(25-18(11-27)13-29-33(25)15-20)17-4-5-22(28-12-17)32-9-8-19(14-32)37-24-7-6-23(35-3)30-31-24/h4-7,10,12-13,15,19,34H,8-9,14,16H2,1-3H3. The first-order valence-electron chi connectivity index (χ1n) is 11.9. The van der Waals surface area contributed by atoms with E-state index in [1.54, 1.807) is 50.0 Å². The highest BCUT2D eigenvalue weighted by Gasteiger charge is 2.26. The first kappa shape index (κ1) is 24.3. The lowest BCUT2D eigenvalue weighted by Crippen LogP contribution is -2.27. The minimum Gasteiger partial charge on any atom is -0.489 e. The molecule has 1 atom stereocenters. The summed E-state index contributed by atoms with van der Waals surface area (Å²) < 4.78 is 18.4. The highest BCUT2D eigenvalue weighted by atomic mass is 16.5. The molecule has 0 bridgehead atoms. The topological polar surface area (TPSA) is 131 Å². The number of nitriles is 1. The lowest BCUT2D eigenvalue weighted by Gasteiger charge is -2.19. The number of rotatable bonds is 8. The molecule has 11 nitrogen and oxygen atoms in total. The highest BCUT2D eigenvalue weighted by molar-refractivity contribution is 5.85. The molecule has 4 aromatic heterocycles. The molecule has 5 heterocycles. The van der Waals surface area contributed by atoms with Crippen LogP contribution in [0.15, 0.2) is 48.9 Å². The van der Waals surface area contributed by atoms with Gasteiger partial charge in [-0.1, -0.05) is 0 Å². The van der Waals surface area contributed by atoms with E-state index in [0.717, 1.165) is 29.9 Å². The third-order valence-corrected chi connectivity index (χ3v) is 5.94. The van der Waals surface area contributed by atoms with E-state index in [2.05, 4.69) is 26.3 Å². The van der Waals surface area contributed by atoms with Crippen molar-refractivity contribution < 1.29 is 19.3 Å². The first-order chi connectivity index (χ1) is 17.8. The molecule has 1 N–H and O–H groups in total. The van der Waals surface area contributed by atoms with Crippen LogP contribution in [-0.2, 0) is 0 Å². The molecule has 0 aliphatic carbocycles. The zero-order valence-corrected chi connectivity index (χ0v) is 20.8. The molecule has 37 heavy (non-hydrogen) atoms. The SMILES string of the molecule is COc1ccc(OC2CCN(c3ccc(-c4cc(OCC(C)(C)O)cn5ncc(C#N)c45)cn3)C2)nn1. The summed E-state index contributed by atoms with van der Waals surface area (Å²) >= 11 is 0. The van der Waals surface area contributed by atoms with Gasteiger partial charge in [0.25, 0.3) is 0 Å². The number of aromatic nitrogens is 5. The van der Waals surface area contributed by atoms with Crippen LogP contribution in [0.2, 0.25) is 0 Å². The molecular formula is C26H27N7O4. The van der Waals surface area contributed by atoms with Crippen molar-refractivity contribution >= 4 is 11.3 Å². The number of methoxy groups -OCH3 is 1. The molecule has 0 amide bonds. The molecule has 0 radical (unpaired) electrons. The quantitative estimate of drug-likeness (QED) is 0.384. The maximum atomic E-state index is 10.1. The summed E-state index contributed by atoms with van der Waals surface area (Å²) in [5.41, 5.74) is 1.72. The summed E-state index contributed by atoms with van der Waals surface area (Å²) in [5, 5.41) is 31.9. The second-order valence-electron chi connectivity index (χ2n) is 9.45. The van der Waals surface area contributed by atoms with Gasteiger partial charge in [0, 0.05) is 42.4 Å². The molecule has 5 rings (SSSR count). The van der Waals surface area contributed by atoms with Crippen LogP contribution in [0, 0.1) is 11.3 Å². The second-order valence-corrected chi connectivity index (χ2v) is 9.45.